The molecule has 0 fully saturated rings. The second-order valence-electron chi connectivity index (χ2n) is 3.76. The number of benzene rings is 1. The molecule has 0 aliphatic heterocycles. The Hall–Kier alpha value is -0.680. The van der Waals surface area contributed by atoms with Crippen molar-refractivity contribution in [1.82, 2.24) is 4.98 Å². The highest BCUT2D eigenvalue weighted by atomic mass is 35.5. The molecule has 1 aromatic heterocycles. The summed E-state index contributed by atoms with van der Waals surface area (Å²) in [4.78, 5) is 3.83. The smallest absolute Gasteiger partial charge is 0.255 e. The quantitative estimate of drug-likeness (QED) is 0.574. The van der Waals surface area contributed by atoms with Crippen LogP contribution in [0.4, 0.5) is 13.2 Å². The molecule has 1 aromatic carbocycles. The van der Waals surface area contributed by atoms with Gasteiger partial charge in [-0.3, -0.25) is 4.98 Å². The summed E-state index contributed by atoms with van der Waals surface area (Å²) in [5.74, 6) is 0. The van der Waals surface area contributed by atoms with E-state index in [1.807, 2.05) is 0 Å². The highest BCUT2D eigenvalue weighted by molar-refractivity contribution is 6.43. The molecule has 0 amide bonds. The first-order valence-electron chi connectivity index (χ1n) is 5.08. The Balaban J connectivity index is 2.72. The van der Waals surface area contributed by atoms with Gasteiger partial charge in [-0.25, -0.2) is 0 Å². The highest BCUT2D eigenvalue weighted by Gasteiger charge is 2.35. The molecular formula is C12H4Cl4F3N. The molecule has 0 radical (unpaired) electrons. The van der Waals surface area contributed by atoms with Crippen molar-refractivity contribution in [2.24, 2.45) is 0 Å². The van der Waals surface area contributed by atoms with Gasteiger partial charge in [-0.05, 0) is 18.2 Å². The van der Waals surface area contributed by atoms with Gasteiger partial charge < -0.3 is 0 Å². The average molecular weight is 361 g/mol. The molecule has 0 spiro atoms. The van der Waals surface area contributed by atoms with Gasteiger partial charge in [-0.2, -0.15) is 13.2 Å². The van der Waals surface area contributed by atoms with E-state index < -0.39 is 16.8 Å². The molecular weight excluding hydrogens is 357 g/mol. The topological polar surface area (TPSA) is 12.9 Å². The zero-order valence-corrected chi connectivity index (χ0v) is 12.4. The summed E-state index contributed by atoms with van der Waals surface area (Å²) < 4.78 is 38.4. The number of nitrogens with zero attached hydrogens (tertiary/aromatic N) is 1. The standard InChI is InChI=1S/C12H4Cl4F3N/c13-5-3-7(14)9(8(15)4-5)11-10(16)6(1-2-20-11)12(17,18)19/h1-4H. The van der Waals surface area contributed by atoms with Crippen molar-refractivity contribution in [1.29, 1.82) is 0 Å². The predicted molar refractivity (Wildman–Crippen MR) is 74.7 cm³/mol. The van der Waals surface area contributed by atoms with E-state index >= 15 is 0 Å². The Kier molecular flexibility index (Phi) is 4.40. The first-order chi connectivity index (χ1) is 9.21. The van der Waals surface area contributed by atoms with Crippen molar-refractivity contribution in [3.05, 3.63) is 50.0 Å². The van der Waals surface area contributed by atoms with Crippen LogP contribution in [-0.2, 0) is 6.18 Å². The van der Waals surface area contributed by atoms with Gasteiger partial charge in [0, 0.05) is 16.8 Å². The van der Waals surface area contributed by atoms with Gasteiger partial charge in [0.25, 0.3) is 0 Å². The summed E-state index contributed by atoms with van der Waals surface area (Å²) in [7, 11) is 0. The number of aromatic nitrogens is 1. The number of hydrogen-bond donors (Lipinski definition) is 0. The minimum absolute atomic E-state index is 0.0659. The van der Waals surface area contributed by atoms with Gasteiger partial charge in [-0.1, -0.05) is 46.4 Å². The third-order valence-electron chi connectivity index (χ3n) is 2.44. The number of alkyl halides is 3. The Labute approximate surface area is 132 Å². The van der Waals surface area contributed by atoms with E-state index in [0.717, 1.165) is 12.3 Å². The Morgan fingerprint density at radius 2 is 1.50 bits per heavy atom. The van der Waals surface area contributed by atoms with Crippen molar-refractivity contribution in [2.45, 2.75) is 6.18 Å². The molecule has 1 nitrogen and oxygen atoms in total. The summed E-state index contributed by atoms with van der Waals surface area (Å²) in [5, 5.41) is -0.176. The van der Waals surface area contributed by atoms with Gasteiger partial charge in [0.15, 0.2) is 0 Å². The largest absolute Gasteiger partial charge is 0.417 e. The molecule has 0 N–H and O–H groups in total. The molecule has 0 saturated carbocycles. The van der Waals surface area contributed by atoms with Crippen LogP contribution < -0.4 is 0 Å². The lowest BCUT2D eigenvalue weighted by molar-refractivity contribution is -0.137. The number of hydrogen-bond acceptors (Lipinski definition) is 1. The number of rotatable bonds is 1. The third kappa shape index (κ3) is 2.98. The molecule has 1 heterocycles. The third-order valence-corrected chi connectivity index (χ3v) is 3.64. The van der Waals surface area contributed by atoms with E-state index in [2.05, 4.69) is 4.98 Å². The van der Waals surface area contributed by atoms with Gasteiger partial charge in [0.2, 0.25) is 0 Å². The zero-order chi connectivity index (χ0) is 15.1. The van der Waals surface area contributed by atoms with Gasteiger partial charge in [-0.15, -0.1) is 0 Å². The van der Waals surface area contributed by atoms with Gasteiger partial charge >= 0.3 is 6.18 Å². The summed E-state index contributed by atoms with van der Waals surface area (Å²) in [6.07, 6.45) is -3.61. The fourth-order valence-corrected chi connectivity index (χ4v) is 2.91. The maximum Gasteiger partial charge on any atom is 0.417 e. The van der Waals surface area contributed by atoms with Crippen LogP contribution in [0.3, 0.4) is 0 Å². The normalized spacial score (nSPS) is 11.8. The predicted octanol–water partition coefficient (Wildman–Crippen LogP) is 6.38. The summed E-state index contributed by atoms with van der Waals surface area (Å²) in [6.45, 7) is 0. The molecule has 20 heavy (non-hydrogen) atoms. The maximum atomic E-state index is 12.8. The van der Waals surface area contributed by atoms with Crippen LogP contribution in [0.5, 0.6) is 0 Å². The first-order valence-corrected chi connectivity index (χ1v) is 6.59. The van der Waals surface area contributed by atoms with E-state index in [1.54, 1.807) is 0 Å². The zero-order valence-electron chi connectivity index (χ0n) is 9.40. The lowest BCUT2D eigenvalue weighted by Crippen LogP contribution is -2.07. The Morgan fingerprint density at radius 1 is 0.950 bits per heavy atom. The number of halogens is 7. The molecule has 106 valence electrons. The van der Waals surface area contributed by atoms with Crippen molar-refractivity contribution >= 4 is 46.4 Å². The van der Waals surface area contributed by atoms with Crippen molar-refractivity contribution in [2.75, 3.05) is 0 Å². The van der Waals surface area contributed by atoms with Gasteiger partial charge in [0.05, 0.1) is 26.3 Å². The van der Waals surface area contributed by atoms with Gasteiger partial charge in [0.1, 0.15) is 0 Å². The molecule has 0 unspecified atom stereocenters. The van der Waals surface area contributed by atoms with Crippen molar-refractivity contribution in [3.63, 3.8) is 0 Å². The van der Waals surface area contributed by atoms with Crippen LogP contribution in [0.15, 0.2) is 24.4 Å². The Bertz CT molecular complexity index is 647. The fourth-order valence-electron chi connectivity index (χ4n) is 1.61. The molecule has 0 aliphatic carbocycles. The lowest BCUT2D eigenvalue weighted by Gasteiger charge is -2.13. The Morgan fingerprint density at radius 3 is 2.00 bits per heavy atom. The molecule has 2 rings (SSSR count). The van der Waals surface area contributed by atoms with E-state index in [4.69, 9.17) is 46.4 Å². The monoisotopic (exact) mass is 359 g/mol. The van der Waals surface area contributed by atoms with Crippen molar-refractivity contribution in [3.8, 4) is 11.3 Å². The molecule has 8 heteroatoms. The van der Waals surface area contributed by atoms with E-state index in [1.165, 1.54) is 12.1 Å². The van der Waals surface area contributed by atoms with E-state index in [0.29, 0.717) is 0 Å². The van der Waals surface area contributed by atoms with E-state index in [-0.39, 0.29) is 26.3 Å². The molecule has 0 aliphatic rings. The maximum absolute atomic E-state index is 12.8. The molecule has 0 saturated heterocycles. The van der Waals surface area contributed by atoms with Crippen LogP contribution in [0.1, 0.15) is 5.56 Å². The second kappa shape index (κ2) is 5.60. The minimum atomic E-state index is -4.60. The summed E-state index contributed by atoms with van der Waals surface area (Å²) >= 11 is 23.4. The van der Waals surface area contributed by atoms with Crippen LogP contribution >= 0.6 is 46.4 Å². The van der Waals surface area contributed by atoms with Crippen LogP contribution in [0.2, 0.25) is 20.1 Å². The number of pyridine rings is 1. The second-order valence-corrected chi connectivity index (χ2v) is 5.39. The highest BCUT2D eigenvalue weighted by Crippen LogP contribution is 2.43. The molecule has 0 atom stereocenters. The first kappa shape index (κ1) is 15.7. The molecule has 0 bridgehead atoms. The van der Waals surface area contributed by atoms with E-state index in [9.17, 15) is 13.2 Å². The fraction of sp³-hybridized carbons (Fsp3) is 0.0833. The van der Waals surface area contributed by atoms with Crippen LogP contribution in [0.25, 0.3) is 11.3 Å². The SMILES string of the molecule is FC(F)(F)c1ccnc(-c2c(Cl)cc(Cl)cc2Cl)c1Cl. The summed E-state index contributed by atoms with van der Waals surface area (Å²) in [6, 6.07) is 3.48. The lowest BCUT2D eigenvalue weighted by atomic mass is 10.1. The van der Waals surface area contributed by atoms with Crippen LogP contribution in [0, 0.1) is 0 Å². The minimum Gasteiger partial charge on any atom is -0.255 e. The molecule has 2 aromatic rings. The summed E-state index contributed by atoms with van der Waals surface area (Å²) in [5.41, 5.74) is -1.05. The van der Waals surface area contributed by atoms with Crippen molar-refractivity contribution < 1.29 is 13.2 Å². The van der Waals surface area contributed by atoms with Crippen LogP contribution in [-0.4, -0.2) is 4.98 Å². The average Bonchev–Trinajstić information content (AvgIpc) is 2.28.